The lowest BCUT2D eigenvalue weighted by molar-refractivity contribution is -0.142. The van der Waals surface area contributed by atoms with Gasteiger partial charge in [0.15, 0.2) is 11.5 Å². The molecule has 0 aliphatic rings. The van der Waals surface area contributed by atoms with Gasteiger partial charge in [-0.15, -0.1) is 0 Å². The van der Waals surface area contributed by atoms with Crippen LogP contribution in [0.5, 0.6) is 11.5 Å². The standard InChI is InChI=1S/C19H23NO4/c1-4-24-18(21)13-20-19(14-8-6-5-7-9-14)15-10-11-16(22-2)17(12-15)23-3/h5-12,19-20H,4,13H2,1-3H3. The second kappa shape index (κ2) is 8.93. The summed E-state index contributed by atoms with van der Waals surface area (Å²) in [6.07, 6.45) is 0. The molecule has 24 heavy (non-hydrogen) atoms. The van der Waals surface area contributed by atoms with E-state index in [1.807, 2.05) is 48.5 Å². The van der Waals surface area contributed by atoms with Crippen LogP contribution >= 0.6 is 0 Å². The van der Waals surface area contributed by atoms with Crippen molar-refractivity contribution in [1.29, 1.82) is 0 Å². The van der Waals surface area contributed by atoms with Gasteiger partial charge in [-0.05, 0) is 30.2 Å². The van der Waals surface area contributed by atoms with Crippen molar-refractivity contribution in [2.75, 3.05) is 27.4 Å². The smallest absolute Gasteiger partial charge is 0.319 e. The van der Waals surface area contributed by atoms with Gasteiger partial charge in [-0.2, -0.15) is 0 Å². The molecule has 1 unspecified atom stereocenters. The maximum absolute atomic E-state index is 11.7. The summed E-state index contributed by atoms with van der Waals surface area (Å²) in [5, 5.41) is 3.25. The van der Waals surface area contributed by atoms with Crippen molar-refractivity contribution in [3.63, 3.8) is 0 Å². The van der Waals surface area contributed by atoms with Crippen LogP contribution in [0.2, 0.25) is 0 Å². The van der Waals surface area contributed by atoms with Crippen LogP contribution < -0.4 is 14.8 Å². The monoisotopic (exact) mass is 329 g/mol. The molecule has 2 rings (SSSR count). The van der Waals surface area contributed by atoms with Crippen LogP contribution in [0, 0.1) is 0 Å². The number of esters is 1. The molecule has 5 nitrogen and oxygen atoms in total. The number of carbonyl (C=O) groups is 1. The van der Waals surface area contributed by atoms with Gasteiger partial charge >= 0.3 is 5.97 Å². The van der Waals surface area contributed by atoms with E-state index < -0.39 is 0 Å². The summed E-state index contributed by atoms with van der Waals surface area (Å²) >= 11 is 0. The molecule has 0 saturated carbocycles. The zero-order chi connectivity index (χ0) is 17.4. The van der Waals surface area contributed by atoms with Crippen molar-refractivity contribution in [2.45, 2.75) is 13.0 Å². The zero-order valence-corrected chi connectivity index (χ0v) is 14.2. The Labute approximate surface area is 142 Å². The average molecular weight is 329 g/mol. The van der Waals surface area contributed by atoms with Crippen molar-refractivity contribution in [3.05, 3.63) is 59.7 Å². The van der Waals surface area contributed by atoms with Crippen LogP contribution in [0.15, 0.2) is 48.5 Å². The molecule has 0 bridgehead atoms. The summed E-state index contributed by atoms with van der Waals surface area (Å²) in [6, 6.07) is 15.5. The zero-order valence-electron chi connectivity index (χ0n) is 14.2. The molecule has 0 aromatic heterocycles. The van der Waals surface area contributed by atoms with Gasteiger partial charge in [-0.3, -0.25) is 10.1 Å². The fourth-order valence-electron chi connectivity index (χ4n) is 2.50. The minimum absolute atomic E-state index is 0.127. The van der Waals surface area contributed by atoms with Gasteiger partial charge in [0, 0.05) is 0 Å². The third-order valence-corrected chi connectivity index (χ3v) is 3.63. The molecule has 0 heterocycles. The molecule has 0 radical (unpaired) electrons. The van der Waals surface area contributed by atoms with Crippen molar-refractivity contribution >= 4 is 5.97 Å². The third kappa shape index (κ3) is 4.49. The van der Waals surface area contributed by atoms with Gasteiger partial charge < -0.3 is 14.2 Å². The second-order valence-corrected chi connectivity index (χ2v) is 5.14. The Hall–Kier alpha value is -2.53. The van der Waals surface area contributed by atoms with E-state index in [0.29, 0.717) is 18.1 Å². The molecule has 0 aliphatic carbocycles. The van der Waals surface area contributed by atoms with Crippen molar-refractivity contribution < 1.29 is 19.0 Å². The topological polar surface area (TPSA) is 56.8 Å². The first-order valence-electron chi connectivity index (χ1n) is 7.85. The highest BCUT2D eigenvalue weighted by molar-refractivity contribution is 5.71. The SMILES string of the molecule is CCOC(=O)CNC(c1ccccc1)c1ccc(OC)c(OC)c1. The molecule has 2 aromatic carbocycles. The van der Waals surface area contributed by atoms with Crippen molar-refractivity contribution in [3.8, 4) is 11.5 Å². The molecule has 5 heteroatoms. The molecule has 0 fully saturated rings. The fourth-order valence-corrected chi connectivity index (χ4v) is 2.50. The average Bonchev–Trinajstić information content (AvgIpc) is 2.62. The van der Waals surface area contributed by atoms with Gasteiger partial charge in [0.25, 0.3) is 0 Å². The van der Waals surface area contributed by atoms with E-state index in [9.17, 15) is 4.79 Å². The van der Waals surface area contributed by atoms with E-state index in [2.05, 4.69) is 5.32 Å². The first kappa shape index (κ1) is 17.8. The summed E-state index contributed by atoms with van der Waals surface area (Å²) in [7, 11) is 3.20. The largest absolute Gasteiger partial charge is 0.493 e. The Balaban J connectivity index is 2.30. The summed E-state index contributed by atoms with van der Waals surface area (Å²) < 4.78 is 15.7. The number of rotatable bonds is 8. The maximum Gasteiger partial charge on any atom is 0.319 e. The Bertz CT molecular complexity index is 658. The fraction of sp³-hybridized carbons (Fsp3) is 0.316. The lowest BCUT2D eigenvalue weighted by atomic mass is 9.98. The minimum atomic E-state index is -0.279. The number of hydrogen-bond acceptors (Lipinski definition) is 5. The lowest BCUT2D eigenvalue weighted by Crippen LogP contribution is -2.29. The van der Waals surface area contributed by atoms with E-state index in [4.69, 9.17) is 14.2 Å². The molecule has 0 aliphatic heterocycles. The molecular weight excluding hydrogens is 306 g/mol. The molecular formula is C19H23NO4. The van der Waals surface area contributed by atoms with Gasteiger partial charge in [0.2, 0.25) is 0 Å². The quantitative estimate of drug-likeness (QED) is 0.755. The van der Waals surface area contributed by atoms with E-state index in [-0.39, 0.29) is 18.6 Å². The summed E-state index contributed by atoms with van der Waals surface area (Å²) in [5.41, 5.74) is 2.03. The molecule has 1 atom stereocenters. The molecule has 2 aromatic rings. The highest BCUT2D eigenvalue weighted by Gasteiger charge is 2.17. The Morgan fingerprint density at radius 3 is 2.33 bits per heavy atom. The van der Waals surface area contributed by atoms with Crippen LogP contribution in [0.1, 0.15) is 24.1 Å². The summed E-state index contributed by atoms with van der Waals surface area (Å²) in [5.74, 6) is 1.03. The Morgan fingerprint density at radius 2 is 1.71 bits per heavy atom. The van der Waals surface area contributed by atoms with Crippen LogP contribution in [0.3, 0.4) is 0 Å². The van der Waals surface area contributed by atoms with Gasteiger partial charge in [-0.1, -0.05) is 36.4 Å². The van der Waals surface area contributed by atoms with E-state index in [1.54, 1.807) is 21.1 Å². The molecule has 0 saturated heterocycles. The Morgan fingerprint density at radius 1 is 1.00 bits per heavy atom. The predicted molar refractivity (Wildman–Crippen MR) is 92.5 cm³/mol. The van der Waals surface area contributed by atoms with Gasteiger partial charge in [0.1, 0.15) is 0 Å². The second-order valence-electron chi connectivity index (χ2n) is 5.14. The van der Waals surface area contributed by atoms with Crippen LogP contribution in [0.4, 0.5) is 0 Å². The van der Waals surface area contributed by atoms with Crippen LogP contribution in [-0.4, -0.2) is 33.3 Å². The number of nitrogens with one attached hydrogen (secondary N) is 1. The van der Waals surface area contributed by atoms with E-state index >= 15 is 0 Å². The number of benzene rings is 2. The third-order valence-electron chi connectivity index (χ3n) is 3.63. The molecule has 1 N–H and O–H groups in total. The van der Waals surface area contributed by atoms with E-state index in [0.717, 1.165) is 11.1 Å². The van der Waals surface area contributed by atoms with Crippen LogP contribution in [0.25, 0.3) is 0 Å². The lowest BCUT2D eigenvalue weighted by Gasteiger charge is -2.20. The Kier molecular flexibility index (Phi) is 6.63. The van der Waals surface area contributed by atoms with Crippen molar-refractivity contribution in [2.24, 2.45) is 0 Å². The summed E-state index contributed by atoms with van der Waals surface area (Å²) in [6.45, 7) is 2.29. The minimum Gasteiger partial charge on any atom is -0.493 e. The normalized spacial score (nSPS) is 11.6. The number of methoxy groups -OCH3 is 2. The molecule has 0 spiro atoms. The molecule has 128 valence electrons. The number of hydrogen-bond donors (Lipinski definition) is 1. The predicted octanol–water partition coefficient (Wildman–Crippen LogP) is 2.95. The highest BCUT2D eigenvalue weighted by atomic mass is 16.5. The van der Waals surface area contributed by atoms with Gasteiger partial charge in [-0.25, -0.2) is 0 Å². The number of carbonyl (C=O) groups excluding carboxylic acids is 1. The number of ether oxygens (including phenoxy) is 3. The van der Waals surface area contributed by atoms with Crippen molar-refractivity contribution in [1.82, 2.24) is 5.32 Å². The molecule has 0 amide bonds. The first-order valence-corrected chi connectivity index (χ1v) is 7.85. The van der Waals surface area contributed by atoms with E-state index in [1.165, 1.54) is 0 Å². The maximum atomic E-state index is 11.7. The first-order chi connectivity index (χ1) is 11.7. The van der Waals surface area contributed by atoms with Crippen LogP contribution in [-0.2, 0) is 9.53 Å². The summed E-state index contributed by atoms with van der Waals surface area (Å²) in [4.78, 5) is 11.7. The highest BCUT2D eigenvalue weighted by Crippen LogP contribution is 2.32. The van der Waals surface area contributed by atoms with Gasteiger partial charge in [0.05, 0.1) is 33.4 Å².